The minimum atomic E-state index is -0.683. The van der Waals surface area contributed by atoms with Crippen LogP contribution >= 0.6 is 0 Å². The predicted octanol–water partition coefficient (Wildman–Crippen LogP) is 2.69. The van der Waals surface area contributed by atoms with E-state index in [0.717, 1.165) is 11.1 Å². The second-order valence-corrected chi connectivity index (χ2v) is 5.74. The lowest BCUT2D eigenvalue weighted by Gasteiger charge is -2.05. The molecule has 0 aromatic heterocycles. The number of rotatable bonds is 9. The number of imide groups is 1. The number of hydrogen-bond acceptors (Lipinski definition) is 5. The Morgan fingerprint density at radius 3 is 2.36 bits per heavy atom. The molecule has 6 nitrogen and oxygen atoms in total. The lowest BCUT2D eigenvalue weighted by Crippen LogP contribution is -2.35. The molecule has 0 unspecified atom stereocenters. The van der Waals surface area contributed by atoms with Gasteiger partial charge in [-0.1, -0.05) is 55.1 Å². The molecule has 0 radical (unpaired) electrons. The SMILES string of the molecule is C=CCOc1ccc(/C=C/C(=O)OCC(=O)NC(=O)Cc2ccccc2)cc1. The van der Waals surface area contributed by atoms with Crippen LogP contribution in [0, 0.1) is 0 Å². The number of nitrogens with one attached hydrogen (secondary N) is 1. The summed E-state index contributed by atoms with van der Waals surface area (Å²) in [5.74, 6) is -1.12. The highest BCUT2D eigenvalue weighted by Crippen LogP contribution is 2.13. The zero-order valence-corrected chi connectivity index (χ0v) is 15.3. The summed E-state index contributed by atoms with van der Waals surface area (Å²) in [5, 5.41) is 2.18. The summed E-state index contributed by atoms with van der Waals surface area (Å²) >= 11 is 0. The molecule has 1 N–H and O–H groups in total. The van der Waals surface area contributed by atoms with Gasteiger partial charge in [0.1, 0.15) is 12.4 Å². The van der Waals surface area contributed by atoms with Gasteiger partial charge in [0.05, 0.1) is 6.42 Å². The van der Waals surface area contributed by atoms with Crippen molar-refractivity contribution in [3.05, 3.63) is 84.5 Å². The maximum absolute atomic E-state index is 11.8. The Morgan fingerprint density at radius 1 is 0.964 bits per heavy atom. The van der Waals surface area contributed by atoms with Crippen molar-refractivity contribution in [2.75, 3.05) is 13.2 Å². The van der Waals surface area contributed by atoms with Crippen LogP contribution in [0.5, 0.6) is 5.75 Å². The Kier molecular flexibility index (Phi) is 8.20. The summed E-state index contributed by atoms with van der Waals surface area (Å²) in [7, 11) is 0. The van der Waals surface area contributed by atoms with E-state index in [2.05, 4.69) is 11.9 Å². The van der Waals surface area contributed by atoms with Crippen molar-refractivity contribution in [1.29, 1.82) is 0 Å². The fourth-order valence-corrected chi connectivity index (χ4v) is 2.20. The molecule has 0 atom stereocenters. The van der Waals surface area contributed by atoms with E-state index in [1.165, 1.54) is 6.08 Å². The van der Waals surface area contributed by atoms with Gasteiger partial charge in [-0.25, -0.2) is 4.79 Å². The summed E-state index contributed by atoms with van der Waals surface area (Å²) in [5.41, 5.74) is 1.55. The molecule has 0 aliphatic heterocycles. The fraction of sp³-hybridized carbons (Fsp3) is 0.136. The van der Waals surface area contributed by atoms with Crippen LogP contribution in [0.1, 0.15) is 11.1 Å². The molecule has 0 heterocycles. The molecule has 0 aliphatic carbocycles. The third kappa shape index (κ3) is 7.70. The first-order valence-corrected chi connectivity index (χ1v) is 8.62. The normalized spacial score (nSPS) is 10.3. The van der Waals surface area contributed by atoms with E-state index in [4.69, 9.17) is 9.47 Å². The van der Waals surface area contributed by atoms with Crippen LogP contribution in [-0.2, 0) is 25.5 Å². The second-order valence-electron chi connectivity index (χ2n) is 5.74. The van der Waals surface area contributed by atoms with Crippen LogP contribution in [0.3, 0.4) is 0 Å². The average Bonchev–Trinajstić information content (AvgIpc) is 2.70. The Balaban J connectivity index is 1.72. The van der Waals surface area contributed by atoms with Gasteiger partial charge in [0.2, 0.25) is 5.91 Å². The van der Waals surface area contributed by atoms with Gasteiger partial charge in [-0.05, 0) is 29.3 Å². The summed E-state index contributed by atoms with van der Waals surface area (Å²) < 4.78 is 10.2. The largest absolute Gasteiger partial charge is 0.490 e. The average molecular weight is 379 g/mol. The van der Waals surface area contributed by atoms with Crippen LogP contribution in [0.4, 0.5) is 0 Å². The lowest BCUT2D eigenvalue weighted by atomic mass is 10.1. The van der Waals surface area contributed by atoms with Gasteiger partial charge in [0.25, 0.3) is 5.91 Å². The Morgan fingerprint density at radius 2 is 1.68 bits per heavy atom. The first kappa shape index (κ1) is 20.6. The molecule has 0 fully saturated rings. The highest BCUT2D eigenvalue weighted by Gasteiger charge is 2.10. The monoisotopic (exact) mass is 379 g/mol. The Hall–Kier alpha value is -3.67. The molecule has 0 aliphatic rings. The van der Waals surface area contributed by atoms with Crippen molar-refractivity contribution >= 4 is 23.9 Å². The van der Waals surface area contributed by atoms with E-state index in [-0.39, 0.29) is 6.42 Å². The molecule has 0 saturated heterocycles. The molecule has 6 heteroatoms. The third-order valence-corrected chi connectivity index (χ3v) is 3.49. The molecule has 144 valence electrons. The molecule has 0 saturated carbocycles. The maximum atomic E-state index is 11.8. The van der Waals surface area contributed by atoms with Crippen LogP contribution < -0.4 is 10.1 Å². The summed E-state index contributed by atoms with van der Waals surface area (Å²) in [4.78, 5) is 35.2. The minimum Gasteiger partial charge on any atom is -0.490 e. The number of amides is 2. The zero-order chi connectivity index (χ0) is 20.2. The van der Waals surface area contributed by atoms with Gasteiger partial charge in [-0.3, -0.25) is 14.9 Å². The van der Waals surface area contributed by atoms with Crippen LogP contribution in [0.25, 0.3) is 6.08 Å². The maximum Gasteiger partial charge on any atom is 0.331 e. The molecule has 28 heavy (non-hydrogen) atoms. The Labute approximate surface area is 163 Å². The van der Waals surface area contributed by atoms with Crippen LogP contribution in [-0.4, -0.2) is 31.0 Å². The van der Waals surface area contributed by atoms with Gasteiger partial charge in [0, 0.05) is 6.08 Å². The van der Waals surface area contributed by atoms with Crippen molar-refractivity contribution in [2.45, 2.75) is 6.42 Å². The zero-order valence-electron chi connectivity index (χ0n) is 15.3. The van der Waals surface area contributed by atoms with Gasteiger partial charge >= 0.3 is 5.97 Å². The van der Waals surface area contributed by atoms with E-state index in [1.807, 2.05) is 6.07 Å². The standard InChI is InChI=1S/C22H21NO5/c1-2-14-27-19-11-8-17(9-12-19)10-13-22(26)28-16-21(25)23-20(24)15-18-6-4-3-5-7-18/h2-13H,1,14-16H2,(H,23,24,25)/b13-10+. The van der Waals surface area contributed by atoms with Crippen molar-refractivity contribution in [3.63, 3.8) is 0 Å². The van der Waals surface area contributed by atoms with Crippen LogP contribution in [0.15, 0.2) is 73.3 Å². The molecule has 2 amide bonds. The summed E-state index contributed by atoms with van der Waals surface area (Å²) in [6.07, 6.45) is 4.49. The summed E-state index contributed by atoms with van der Waals surface area (Å²) in [6, 6.07) is 16.1. The van der Waals surface area contributed by atoms with E-state index in [9.17, 15) is 14.4 Å². The minimum absolute atomic E-state index is 0.0763. The van der Waals surface area contributed by atoms with E-state index >= 15 is 0 Å². The topological polar surface area (TPSA) is 81.7 Å². The molecular weight excluding hydrogens is 358 g/mol. The van der Waals surface area contributed by atoms with Crippen molar-refractivity contribution in [3.8, 4) is 5.75 Å². The first-order valence-electron chi connectivity index (χ1n) is 8.62. The number of carbonyl (C=O) groups is 3. The number of hydrogen-bond donors (Lipinski definition) is 1. The smallest absolute Gasteiger partial charge is 0.331 e. The number of benzene rings is 2. The third-order valence-electron chi connectivity index (χ3n) is 3.49. The first-order chi connectivity index (χ1) is 13.6. The van der Waals surface area contributed by atoms with Crippen molar-refractivity contribution in [1.82, 2.24) is 5.32 Å². The highest BCUT2D eigenvalue weighted by molar-refractivity contribution is 5.97. The predicted molar refractivity (Wildman–Crippen MR) is 105 cm³/mol. The Bertz CT molecular complexity index is 841. The van der Waals surface area contributed by atoms with E-state index < -0.39 is 24.4 Å². The molecule has 2 aromatic rings. The van der Waals surface area contributed by atoms with Gasteiger partial charge in [0.15, 0.2) is 6.61 Å². The number of carbonyl (C=O) groups excluding carboxylic acids is 3. The van der Waals surface area contributed by atoms with E-state index in [1.54, 1.807) is 60.7 Å². The van der Waals surface area contributed by atoms with Gasteiger partial charge in [-0.15, -0.1) is 0 Å². The van der Waals surface area contributed by atoms with Crippen LogP contribution in [0.2, 0.25) is 0 Å². The molecule has 2 aromatic carbocycles. The highest BCUT2D eigenvalue weighted by atomic mass is 16.5. The second kappa shape index (κ2) is 11.1. The van der Waals surface area contributed by atoms with Gasteiger partial charge < -0.3 is 9.47 Å². The van der Waals surface area contributed by atoms with E-state index in [0.29, 0.717) is 12.4 Å². The lowest BCUT2D eigenvalue weighted by molar-refractivity contribution is -0.145. The van der Waals surface area contributed by atoms with Gasteiger partial charge in [-0.2, -0.15) is 0 Å². The van der Waals surface area contributed by atoms with Crippen molar-refractivity contribution in [2.24, 2.45) is 0 Å². The number of esters is 1. The molecule has 0 bridgehead atoms. The fourth-order valence-electron chi connectivity index (χ4n) is 2.20. The molecule has 2 rings (SSSR count). The summed E-state index contributed by atoms with van der Waals surface area (Å²) in [6.45, 7) is 3.46. The quantitative estimate of drug-likeness (QED) is 0.412. The molecular formula is C22H21NO5. The van der Waals surface area contributed by atoms with Crippen molar-refractivity contribution < 1.29 is 23.9 Å². The molecule has 0 spiro atoms. The number of ether oxygens (including phenoxy) is 2.